The quantitative estimate of drug-likeness (QED) is 0.831. The lowest BCUT2D eigenvalue weighted by Crippen LogP contribution is -2.38. The third-order valence-electron chi connectivity index (χ3n) is 3.41. The van der Waals surface area contributed by atoms with E-state index in [1.165, 1.54) is 12.1 Å². The molecule has 1 aromatic carbocycles. The zero-order chi connectivity index (χ0) is 16.1. The van der Waals surface area contributed by atoms with Gasteiger partial charge in [0.05, 0.1) is 9.93 Å². The minimum atomic E-state index is -4.81. The summed E-state index contributed by atoms with van der Waals surface area (Å²) in [5, 5.41) is 2.73. The molecule has 8 heteroatoms. The lowest BCUT2D eigenvalue weighted by atomic mass is 9.95. The van der Waals surface area contributed by atoms with E-state index in [1.54, 1.807) is 0 Å². The number of nitrogens with one attached hydrogen (secondary N) is 1. The molecule has 118 valence electrons. The van der Waals surface area contributed by atoms with Crippen LogP contribution < -0.4 is 10.1 Å². The smallest absolute Gasteiger partial charge is 0.404 e. The number of carbonyl (C=O) groups excluding carboxylic acids is 1. The molecule has 1 unspecified atom stereocenters. The van der Waals surface area contributed by atoms with Gasteiger partial charge in [0.25, 0.3) is 5.91 Å². The van der Waals surface area contributed by atoms with Gasteiger partial charge in [-0.15, -0.1) is 13.2 Å². The van der Waals surface area contributed by atoms with Crippen LogP contribution in [0.1, 0.15) is 18.9 Å². The maximum absolute atomic E-state index is 12.4. The Kier molecular flexibility index (Phi) is 3.81. The standard InChI is InChI=1S/C14H11ClF3NO2S/c1-6-2-8-3-7-4-9(15)10(21-14(16,17)18)5-11(7)22-12(8)13(20)19-6/h4-6H,2-3H2,1H3,(H,19,20). The first-order valence-corrected chi connectivity index (χ1v) is 7.71. The number of hydrogen-bond donors (Lipinski definition) is 1. The molecule has 3 nitrogen and oxygen atoms in total. The highest BCUT2D eigenvalue weighted by Crippen LogP contribution is 2.45. The molecule has 1 amide bonds. The SMILES string of the molecule is CC1CC2=C(Sc3cc(OC(F)(F)F)c(Cl)cc3C2)C(=O)N1. The number of thioether (sulfide) groups is 1. The maximum Gasteiger partial charge on any atom is 0.573 e. The molecular weight excluding hydrogens is 339 g/mol. The van der Waals surface area contributed by atoms with Crippen LogP contribution in [0.3, 0.4) is 0 Å². The fourth-order valence-electron chi connectivity index (χ4n) is 2.59. The summed E-state index contributed by atoms with van der Waals surface area (Å²) in [6, 6.07) is 2.77. The number of carbonyl (C=O) groups is 1. The number of alkyl halides is 3. The molecule has 0 bridgehead atoms. The summed E-state index contributed by atoms with van der Waals surface area (Å²) in [5.41, 5.74) is 1.81. The van der Waals surface area contributed by atoms with Gasteiger partial charge in [0.1, 0.15) is 5.75 Å². The predicted octanol–water partition coefficient (Wildman–Crippen LogP) is 4.05. The first-order chi connectivity index (χ1) is 10.2. The fraction of sp³-hybridized carbons (Fsp3) is 0.357. The first-order valence-electron chi connectivity index (χ1n) is 6.52. The summed E-state index contributed by atoms with van der Waals surface area (Å²) in [4.78, 5) is 13.1. The van der Waals surface area contributed by atoms with Crippen LogP contribution in [0.4, 0.5) is 13.2 Å². The largest absolute Gasteiger partial charge is 0.573 e. The summed E-state index contributed by atoms with van der Waals surface area (Å²) in [6.07, 6.45) is -3.56. The minimum absolute atomic E-state index is 0.0525. The van der Waals surface area contributed by atoms with Gasteiger partial charge in [-0.05, 0) is 43.0 Å². The second kappa shape index (κ2) is 5.38. The van der Waals surface area contributed by atoms with Gasteiger partial charge in [-0.3, -0.25) is 4.79 Å². The third-order valence-corrected chi connectivity index (χ3v) is 4.99. The van der Waals surface area contributed by atoms with Gasteiger partial charge in [-0.1, -0.05) is 23.4 Å². The van der Waals surface area contributed by atoms with Crippen molar-refractivity contribution in [3.05, 3.63) is 33.2 Å². The number of rotatable bonds is 1. The normalized spacial score (nSPS) is 21.1. The lowest BCUT2D eigenvalue weighted by molar-refractivity contribution is -0.274. The number of fused-ring (bicyclic) bond motifs is 1. The summed E-state index contributed by atoms with van der Waals surface area (Å²) in [7, 11) is 0. The Morgan fingerprint density at radius 3 is 2.82 bits per heavy atom. The fourth-order valence-corrected chi connectivity index (χ4v) is 3.91. The van der Waals surface area contributed by atoms with Crippen LogP contribution >= 0.6 is 23.4 Å². The van der Waals surface area contributed by atoms with E-state index in [0.29, 0.717) is 16.2 Å². The monoisotopic (exact) mass is 349 g/mol. The van der Waals surface area contributed by atoms with Crippen LogP contribution in [0.15, 0.2) is 27.5 Å². The first kappa shape index (κ1) is 15.6. The zero-order valence-electron chi connectivity index (χ0n) is 11.4. The van der Waals surface area contributed by atoms with Crippen LogP contribution in [0.2, 0.25) is 5.02 Å². The molecule has 1 atom stereocenters. The molecular formula is C14H11ClF3NO2S. The van der Waals surface area contributed by atoms with Crippen LogP contribution in [-0.4, -0.2) is 18.3 Å². The van der Waals surface area contributed by atoms with Crippen molar-refractivity contribution in [3.8, 4) is 5.75 Å². The number of hydrogen-bond acceptors (Lipinski definition) is 3. The zero-order valence-corrected chi connectivity index (χ0v) is 13.0. The van der Waals surface area contributed by atoms with Gasteiger partial charge in [0, 0.05) is 10.9 Å². The van der Waals surface area contributed by atoms with E-state index < -0.39 is 12.1 Å². The Bertz CT molecular complexity index is 687. The summed E-state index contributed by atoms with van der Waals surface area (Å²) in [5.74, 6) is -0.633. The molecule has 0 aromatic heterocycles. The van der Waals surface area contributed by atoms with Gasteiger partial charge in [-0.25, -0.2) is 0 Å². The van der Waals surface area contributed by atoms with Gasteiger partial charge >= 0.3 is 6.36 Å². The van der Waals surface area contributed by atoms with Crippen molar-refractivity contribution < 1.29 is 22.7 Å². The van der Waals surface area contributed by atoms with E-state index in [1.807, 2.05) is 6.92 Å². The average Bonchev–Trinajstić information content (AvgIpc) is 2.36. The predicted molar refractivity (Wildman–Crippen MR) is 76.9 cm³/mol. The highest BCUT2D eigenvalue weighted by molar-refractivity contribution is 8.04. The Morgan fingerprint density at radius 1 is 1.41 bits per heavy atom. The van der Waals surface area contributed by atoms with Crippen LogP contribution in [0.25, 0.3) is 0 Å². The number of benzene rings is 1. The molecule has 0 radical (unpaired) electrons. The van der Waals surface area contributed by atoms with Crippen molar-refractivity contribution in [1.29, 1.82) is 0 Å². The van der Waals surface area contributed by atoms with E-state index in [2.05, 4.69) is 10.1 Å². The number of halogens is 4. The maximum atomic E-state index is 12.4. The summed E-state index contributed by atoms with van der Waals surface area (Å²) < 4.78 is 41.0. The van der Waals surface area contributed by atoms with E-state index >= 15 is 0 Å². The Morgan fingerprint density at radius 2 is 2.14 bits per heavy atom. The van der Waals surface area contributed by atoms with Crippen molar-refractivity contribution in [2.75, 3.05) is 0 Å². The summed E-state index contributed by atoms with van der Waals surface area (Å²) >= 11 is 7.03. The molecule has 1 N–H and O–H groups in total. The molecule has 0 saturated carbocycles. The van der Waals surface area contributed by atoms with E-state index in [9.17, 15) is 18.0 Å². The van der Waals surface area contributed by atoms with Crippen molar-refractivity contribution >= 4 is 29.3 Å². The van der Waals surface area contributed by atoms with Crippen molar-refractivity contribution in [1.82, 2.24) is 5.32 Å². The van der Waals surface area contributed by atoms with Gasteiger partial charge in [0.2, 0.25) is 0 Å². The molecule has 0 fully saturated rings. The summed E-state index contributed by atoms with van der Waals surface area (Å²) in [6.45, 7) is 1.91. The second-order valence-corrected chi connectivity index (χ2v) is 6.69. The number of amides is 1. The van der Waals surface area contributed by atoms with Crippen molar-refractivity contribution in [2.24, 2.45) is 0 Å². The number of ether oxygens (including phenoxy) is 1. The molecule has 2 heterocycles. The van der Waals surface area contributed by atoms with Crippen molar-refractivity contribution in [2.45, 2.75) is 37.1 Å². The topological polar surface area (TPSA) is 38.3 Å². The Balaban J connectivity index is 1.95. The minimum Gasteiger partial charge on any atom is -0.404 e. The molecule has 2 aliphatic rings. The lowest BCUT2D eigenvalue weighted by Gasteiger charge is -2.29. The highest BCUT2D eigenvalue weighted by atomic mass is 35.5. The van der Waals surface area contributed by atoms with Gasteiger partial charge < -0.3 is 10.1 Å². The molecule has 1 aromatic rings. The molecule has 0 aliphatic carbocycles. The van der Waals surface area contributed by atoms with E-state index in [-0.39, 0.29) is 17.0 Å². The third kappa shape index (κ3) is 3.05. The van der Waals surface area contributed by atoms with Crippen LogP contribution in [0, 0.1) is 0 Å². The molecule has 2 aliphatic heterocycles. The van der Waals surface area contributed by atoms with Crippen LogP contribution in [-0.2, 0) is 11.2 Å². The second-order valence-electron chi connectivity index (χ2n) is 5.23. The molecule has 22 heavy (non-hydrogen) atoms. The Hall–Kier alpha value is -1.34. The van der Waals surface area contributed by atoms with E-state index in [0.717, 1.165) is 29.3 Å². The van der Waals surface area contributed by atoms with E-state index in [4.69, 9.17) is 11.6 Å². The van der Waals surface area contributed by atoms with Gasteiger partial charge in [0.15, 0.2) is 0 Å². The Labute approximate surface area is 133 Å². The van der Waals surface area contributed by atoms with Crippen LogP contribution in [0.5, 0.6) is 5.75 Å². The van der Waals surface area contributed by atoms with Crippen molar-refractivity contribution in [3.63, 3.8) is 0 Å². The molecule has 0 saturated heterocycles. The highest BCUT2D eigenvalue weighted by Gasteiger charge is 2.34. The molecule has 3 rings (SSSR count). The van der Waals surface area contributed by atoms with Gasteiger partial charge in [-0.2, -0.15) is 0 Å². The average molecular weight is 350 g/mol. The molecule has 0 spiro atoms.